The summed E-state index contributed by atoms with van der Waals surface area (Å²) < 4.78 is 6.02. The first-order valence-electron chi connectivity index (χ1n) is 9.96. The molecule has 0 saturated heterocycles. The summed E-state index contributed by atoms with van der Waals surface area (Å²) >= 11 is 0. The Hall–Kier alpha value is -2.82. The lowest BCUT2D eigenvalue weighted by Crippen LogP contribution is -2.28. The molecule has 1 saturated carbocycles. The van der Waals surface area contributed by atoms with Gasteiger partial charge in [-0.1, -0.05) is 25.1 Å². The number of amides is 1. The topological polar surface area (TPSA) is 67.0 Å². The van der Waals surface area contributed by atoms with E-state index in [9.17, 15) is 4.79 Å². The van der Waals surface area contributed by atoms with E-state index in [2.05, 4.69) is 28.3 Å². The number of para-hydroxylation sites is 1. The molecule has 2 N–H and O–H groups in total. The molecule has 5 nitrogen and oxygen atoms in total. The van der Waals surface area contributed by atoms with Crippen molar-refractivity contribution in [2.24, 2.45) is 5.41 Å². The zero-order chi connectivity index (χ0) is 19.6. The maximum atomic E-state index is 12.5. The predicted molar refractivity (Wildman–Crippen MR) is 110 cm³/mol. The highest BCUT2D eigenvalue weighted by atomic mass is 16.5. The molecule has 28 heavy (non-hydrogen) atoms. The van der Waals surface area contributed by atoms with Crippen molar-refractivity contribution in [1.82, 2.24) is 15.3 Å². The van der Waals surface area contributed by atoms with Crippen LogP contribution in [-0.4, -0.2) is 22.5 Å². The largest absolute Gasteiger partial charge is 0.491 e. The lowest BCUT2D eigenvalue weighted by Gasteiger charge is -2.18. The van der Waals surface area contributed by atoms with Crippen molar-refractivity contribution in [1.29, 1.82) is 0 Å². The molecule has 1 aromatic carbocycles. The molecule has 0 aliphatic heterocycles. The molecule has 146 valence electrons. The van der Waals surface area contributed by atoms with Crippen LogP contribution in [0.4, 0.5) is 0 Å². The van der Waals surface area contributed by atoms with Crippen molar-refractivity contribution in [3.63, 3.8) is 0 Å². The second-order valence-electron chi connectivity index (χ2n) is 8.13. The molecule has 1 amide bonds. The standard InChI is InChI=1S/C23H27N3O2/c1-16(22-20(8-5-13-24-22)28-15-23(2)11-12-23)26-21(27)10-9-17-14-25-19-7-4-3-6-18(17)19/h3-8,13-14,16,25H,9-12,15H2,1-2H3,(H,26,27)/t16-/m1/s1. The summed E-state index contributed by atoms with van der Waals surface area (Å²) in [6, 6.07) is 11.8. The van der Waals surface area contributed by atoms with Crippen molar-refractivity contribution >= 4 is 16.8 Å². The second kappa shape index (κ2) is 7.66. The van der Waals surface area contributed by atoms with Crippen LogP contribution in [0.2, 0.25) is 0 Å². The summed E-state index contributed by atoms with van der Waals surface area (Å²) in [5, 5.41) is 4.25. The number of H-pyrrole nitrogens is 1. The van der Waals surface area contributed by atoms with Gasteiger partial charge in [-0.2, -0.15) is 0 Å². The van der Waals surface area contributed by atoms with Crippen molar-refractivity contribution in [2.45, 2.75) is 45.6 Å². The highest BCUT2D eigenvalue weighted by Crippen LogP contribution is 2.45. The first-order chi connectivity index (χ1) is 13.5. The van der Waals surface area contributed by atoms with Crippen molar-refractivity contribution < 1.29 is 9.53 Å². The lowest BCUT2D eigenvalue weighted by molar-refractivity contribution is -0.121. The number of carbonyl (C=O) groups is 1. The Balaban J connectivity index is 1.35. The van der Waals surface area contributed by atoms with Gasteiger partial charge in [0.25, 0.3) is 0 Å². The van der Waals surface area contributed by atoms with Crippen molar-refractivity contribution in [3.05, 3.63) is 60.0 Å². The van der Waals surface area contributed by atoms with Gasteiger partial charge in [-0.15, -0.1) is 0 Å². The number of aromatic amines is 1. The lowest BCUT2D eigenvalue weighted by atomic mass is 10.1. The van der Waals surface area contributed by atoms with Gasteiger partial charge in [0.05, 0.1) is 12.6 Å². The van der Waals surface area contributed by atoms with Crippen LogP contribution in [0.1, 0.15) is 50.4 Å². The second-order valence-corrected chi connectivity index (χ2v) is 8.13. The summed E-state index contributed by atoms with van der Waals surface area (Å²) in [7, 11) is 0. The molecule has 2 heterocycles. The third-order valence-corrected chi connectivity index (χ3v) is 5.56. The van der Waals surface area contributed by atoms with Crippen LogP contribution in [0.25, 0.3) is 10.9 Å². The number of benzene rings is 1. The number of rotatable bonds is 8. The molecule has 0 unspecified atom stereocenters. The number of ether oxygens (including phenoxy) is 1. The van der Waals surface area contributed by atoms with E-state index in [-0.39, 0.29) is 11.9 Å². The summed E-state index contributed by atoms with van der Waals surface area (Å²) in [5.41, 5.74) is 3.36. The van der Waals surface area contributed by atoms with Gasteiger partial charge < -0.3 is 15.0 Å². The molecule has 3 aromatic rings. The van der Waals surface area contributed by atoms with Gasteiger partial charge in [-0.05, 0) is 49.9 Å². The number of nitrogens with zero attached hydrogens (tertiary/aromatic N) is 1. The summed E-state index contributed by atoms with van der Waals surface area (Å²) in [6.07, 6.45) is 7.30. The van der Waals surface area contributed by atoms with Crippen LogP contribution >= 0.6 is 0 Å². The molecule has 5 heteroatoms. The molecule has 0 spiro atoms. The Labute approximate surface area is 165 Å². The third-order valence-electron chi connectivity index (χ3n) is 5.56. The fourth-order valence-electron chi connectivity index (χ4n) is 3.43. The van der Waals surface area contributed by atoms with Crippen LogP contribution in [0, 0.1) is 5.41 Å². The van der Waals surface area contributed by atoms with E-state index >= 15 is 0 Å². The van der Waals surface area contributed by atoms with E-state index in [0.29, 0.717) is 24.9 Å². The van der Waals surface area contributed by atoms with E-state index in [4.69, 9.17) is 4.74 Å². The van der Waals surface area contributed by atoms with Gasteiger partial charge in [-0.3, -0.25) is 9.78 Å². The van der Waals surface area contributed by atoms with Gasteiger partial charge in [-0.25, -0.2) is 0 Å². The summed E-state index contributed by atoms with van der Waals surface area (Å²) in [5.74, 6) is 0.781. The van der Waals surface area contributed by atoms with Crippen LogP contribution in [-0.2, 0) is 11.2 Å². The number of aryl methyl sites for hydroxylation is 1. The number of fused-ring (bicyclic) bond motifs is 1. The molecule has 1 atom stereocenters. The maximum absolute atomic E-state index is 12.5. The smallest absolute Gasteiger partial charge is 0.220 e. The van der Waals surface area contributed by atoms with E-state index < -0.39 is 0 Å². The monoisotopic (exact) mass is 377 g/mol. The number of pyridine rings is 1. The number of aromatic nitrogens is 2. The minimum atomic E-state index is -0.196. The van der Waals surface area contributed by atoms with E-state index in [1.165, 1.54) is 18.2 Å². The SMILES string of the molecule is C[C@@H](NC(=O)CCc1c[nH]c2ccccc12)c1ncccc1OCC1(C)CC1. The van der Waals surface area contributed by atoms with Gasteiger partial charge in [0.15, 0.2) is 0 Å². The van der Waals surface area contributed by atoms with Crippen molar-refractivity contribution in [3.8, 4) is 5.75 Å². The van der Waals surface area contributed by atoms with Crippen LogP contribution < -0.4 is 10.1 Å². The van der Waals surface area contributed by atoms with Gasteiger partial charge >= 0.3 is 0 Å². The average molecular weight is 377 g/mol. The zero-order valence-electron chi connectivity index (χ0n) is 16.5. The van der Waals surface area contributed by atoms with Crippen LogP contribution in [0.15, 0.2) is 48.8 Å². The van der Waals surface area contributed by atoms with Crippen LogP contribution in [0.3, 0.4) is 0 Å². The van der Waals surface area contributed by atoms with E-state index in [1.807, 2.05) is 43.5 Å². The molecule has 1 aliphatic rings. The Morgan fingerprint density at radius 3 is 2.93 bits per heavy atom. The van der Waals surface area contributed by atoms with Gasteiger partial charge in [0.1, 0.15) is 11.4 Å². The van der Waals surface area contributed by atoms with Crippen molar-refractivity contribution in [2.75, 3.05) is 6.61 Å². The van der Waals surface area contributed by atoms with Gasteiger partial charge in [0.2, 0.25) is 5.91 Å². The Morgan fingerprint density at radius 1 is 1.29 bits per heavy atom. The van der Waals surface area contributed by atoms with E-state index in [0.717, 1.165) is 22.5 Å². The zero-order valence-corrected chi connectivity index (χ0v) is 16.5. The minimum Gasteiger partial charge on any atom is -0.491 e. The molecule has 1 fully saturated rings. The average Bonchev–Trinajstić information content (AvgIpc) is 3.30. The maximum Gasteiger partial charge on any atom is 0.220 e. The fraction of sp³-hybridized carbons (Fsp3) is 0.391. The fourth-order valence-corrected chi connectivity index (χ4v) is 3.43. The number of nitrogens with one attached hydrogen (secondary N) is 2. The Bertz CT molecular complexity index is 975. The highest BCUT2D eigenvalue weighted by molar-refractivity contribution is 5.84. The number of carbonyl (C=O) groups excluding carboxylic acids is 1. The molecule has 4 rings (SSSR count). The quantitative estimate of drug-likeness (QED) is 0.605. The Kier molecular flexibility index (Phi) is 5.07. The summed E-state index contributed by atoms with van der Waals surface area (Å²) in [6.45, 7) is 4.89. The first kappa shape index (κ1) is 18.5. The molecule has 1 aliphatic carbocycles. The van der Waals surface area contributed by atoms with Gasteiger partial charge in [0, 0.05) is 35.1 Å². The first-order valence-corrected chi connectivity index (χ1v) is 9.96. The number of hydrogen-bond donors (Lipinski definition) is 2. The molecule has 2 aromatic heterocycles. The third kappa shape index (κ3) is 4.19. The molecule has 0 bridgehead atoms. The number of hydrogen-bond acceptors (Lipinski definition) is 3. The highest BCUT2D eigenvalue weighted by Gasteiger charge is 2.38. The predicted octanol–water partition coefficient (Wildman–Crippen LogP) is 4.55. The van der Waals surface area contributed by atoms with Crippen LogP contribution in [0.5, 0.6) is 5.75 Å². The molecular formula is C23H27N3O2. The molecule has 0 radical (unpaired) electrons. The normalized spacial score (nSPS) is 15.9. The Morgan fingerprint density at radius 2 is 2.11 bits per heavy atom. The molecular weight excluding hydrogens is 350 g/mol. The van der Waals surface area contributed by atoms with E-state index in [1.54, 1.807) is 6.20 Å². The summed E-state index contributed by atoms with van der Waals surface area (Å²) in [4.78, 5) is 20.2. The minimum absolute atomic E-state index is 0.0172.